The molecule has 0 amide bonds. The number of rotatable bonds is 14. The smallest absolute Gasteiger partial charge is 0.389 e. The number of carboxylic acids is 1. The minimum absolute atomic E-state index is 0.0227. The molecule has 2 N–H and O–H groups in total. The number of carbonyl (C=O) groups is 2. The highest BCUT2D eigenvalue weighted by Gasteiger charge is 2.36. The Balaban J connectivity index is 2.28. The summed E-state index contributed by atoms with van der Waals surface area (Å²) in [5, 5.41) is 19.2. The van der Waals surface area contributed by atoms with Gasteiger partial charge in [0.05, 0.1) is 5.60 Å². The van der Waals surface area contributed by atoms with E-state index in [9.17, 15) is 27.9 Å². The van der Waals surface area contributed by atoms with Gasteiger partial charge in [-0.1, -0.05) is 25.7 Å². The molecular weight excluding hydrogens is 393 g/mol. The lowest BCUT2D eigenvalue weighted by Gasteiger charge is -2.26. The number of carbonyl (C=O) groups excluding carboxylic acids is 1. The predicted octanol–water partition coefficient (Wildman–Crippen LogP) is 5.37. The molecule has 28 heavy (non-hydrogen) atoms. The molecule has 0 heterocycles. The largest absolute Gasteiger partial charge is 0.481 e. The Bertz CT molecular complexity index is 494. The van der Waals surface area contributed by atoms with Gasteiger partial charge in [-0.3, -0.25) is 9.59 Å². The van der Waals surface area contributed by atoms with Gasteiger partial charge in [0.1, 0.15) is 5.78 Å². The third kappa shape index (κ3) is 11.3. The highest BCUT2D eigenvalue weighted by atomic mass is 32.2. The summed E-state index contributed by atoms with van der Waals surface area (Å²) in [4.78, 5) is 22.7. The molecule has 1 aliphatic carbocycles. The van der Waals surface area contributed by atoms with Crippen LogP contribution in [0.4, 0.5) is 13.2 Å². The van der Waals surface area contributed by atoms with Crippen LogP contribution >= 0.6 is 11.8 Å². The second kappa shape index (κ2) is 12.1. The van der Waals surface area contributed by atoms with E-state index in [1.807, 2.05) is 0 Å². The second-order valence-corrected chi connectivity index (χ2v) is 9.35. The quantitative estimate of drug-likeness (QED) is 0.366. The summed E-state index contributed by atoms with van der Waals surface area (Å²) >= 11 is 1.57. The van der Waals surface area contributed by atoms with Crippen molar-refractivity contribution in [2.75, 3.05) is 5.75 Å². The lowest BCUT2D eigenvalue weighted by atomic mass is 9.98. The molecule has 0 aromatic rings. The maximum Gasteiger partial charge on any atom is 0.389 e. The standard InChI is InChI=1S/C20H33F3O4S/c1-19(27,12-6-7-13-20(21,22)23)14-28-17-11-10-16(24)15(17)8-4-2-3-5-9-18(25)26/h15,17,27H,2-14H2,1H3,(H,25,26). The summed E-state index contributed by atoms with van der Waals surface area (Å²) < 4.78 is 36.6. The molecule has 164 valence electrons. The Morgan fingerprint density at radius 1 is 1.11 bits per heavy atom. The molecular formula is C20H33F3O4S. The van der Waals surface area contributed by atoms with Crippen molar-refractivity contribution in [2.24, 2.45) is 5.92 Å². The van der Waals surface area contributed by atoms with Crippen LogP contribution in [-0.4, -0.2) is 44.7 Å². The molecule has 8 heteroatoms. The van der Waals surface area contributed by atoms with Gasteiger partial charge in [-0.15, -0.1) is 0 Å². The van der Waals surface area contributed by atoms with Crippen LogP contribution < -0.4 is 0 Å². The number of alkyl halides is 3. The molecule has 0 radical (unpaired) electrons. The van der Waals surface area contributed by atoms with Gasteiger partial charge in [0.2, 0.25) is 0 Å². The van der Waals surface area contributed by atoms with E-state index >= 15 is 0 Å². The number of ketones is 1. The van der Waals surface area contributed by atoms with Gasteiger partial charge < -0.3 is 10.2 Å². The zero-order chi connectivity index (χ0) is 21.2. The highest BCUT2D eigenvalue weighted by Crippen LogP contribution is 2.38. The summed E-state index contributed by atoms with van der Waals surface area (Å²) in [6, 6.07) is 0. The molecule has 0 saturated heterocycles. The fourth-order valence-corrected chi connectivity index (χ4v) is 5.13. The third-order valence-electron chi connectivity index (χ3n) is 5.23. The molecule has 1 fully saturated rings. The Morgan fingerprint density at radius 3 is 2.39 bits per heavy atom. The van der Waals surface area contributed by atoms with Crippen LogP contribution in [0, 0.1) is 5.92 Å². The average Bonchev–Trinajstić information content (AvgIpc) is 2.92. The Kier molecular flexibility index (Phi) is 10.9. The van der Waals surface area contributed by atoms with Crippen molar-refractivity contribution < 1.29 is 33.0 Å². The van der Waals surface area contributed by atoms with Crippen LogP contribution in [-0.2, 0) is 9.59 Å². The van der Waals surface area contributed by atoms with Gasteiger partial charge in [-0.2, -0.15) is 24.9 Å². The molecule has 0 spiro atoms. The van der Waals surface area contributed by atoms with Crippen molar-refractivity contribution in [3.8, 4) is 0 Å². The molecule has 1 saturated carbocycles. The monoisotopic (exact) mass is 426 g/mol. The molecule has 1 rings (SSSR count). The second-order valence-electron chi connectivity index (χ2n) is 8.13. The first-order valence-corrected chi connectivity index (χ1v) is 11.2. The van der Waals surface area contributed by atoms with Gasteiger partial charge >= 0.3 is 12.1 Å². The number of halogens is 3. The summed E-state index contributed by atoms with van der Waals surface area (Å²) in [6.07, 6.45) is 1.32. The normalized spacial score (nSPS) is 22.4. The number of hydrogen-bond acceptors (Lipinski definition) is 4. The van der Waals surface area contributed by atoms with Crippen molar-refractivity contribution >= 4 is 23.5 Å². The number of hydrogen-bond donors (Lipinski definition) is 2. The van der Waals surface area contributed by atoms with E-state index in [4.69, 9.17) is 5.11 Å². The van der Waals surface area contributed by atoms with Crippen molar-refractivity contribution in [3.63, 3.8) is 0 Å². The average molecular weight is 427 g/mol. The van der Waals surface area contributed by atoms with E-state index in [0.717, 1.165) is 32.1 Å². The van der Waals surface area contributed by atoms with Gasteiger partial charge in [0, 0.05) is 36.2 Å². The fourth-order valence-electron chi connectivity index (χ4n) is 3.61. The first-order valence-electron chi connectivity index (χ1n) is 10.2. The van der Waals surface area contributed by atoms with Crippen molar-refractivity contribution in [1.82, 2.24) is 0 Å². The maximum absolute atomic E-state index is 12.2. The Labute approximate surface area is 169 Å². The van der Waals surface area contributed by atoms with Crippen LogP contribution in [0.25, 0.3) is 0 Å². The molecule has 0 bridgehead atoms. The van der Waals surface area contributed by atoms with E-state index in [0.29, 0.717) is 31.4 Å². The number of carboxylic acid groups (broad SMARTS) is 1. The number of thioether (sulfide) groups is 1. The molecule has 3 unspecified atom stereocenters. The number of aliphatic hydroxyl groups is 1. The fraction of sp³-hybridized carbons (Fsp3) is 0.900. The SMILES string of the molecule is CC(O)(CCCCC(F)(F)F)CSC1CCC(=O)C1CCCCCCC(=O)O. The van der Waals surface area contributed by atoms with Crippen LogP contribution in [0.3, 0.4) is 0 Å². The number of unbranched alkanes of at least 4 members (excludes halogenated alkanes) is 4. The summed E-state index contributed by atoms with van der Waals surface area (Å²) in [5.74, 6) is -0.127. The predicted molar refractivity (Wildman–Crippen MR) is 104 cm³/mol. The first kappa shape index (κ1) is 25.3. The molecule has 1 aliphatic rings. The minimum Gasteiger partial charge on any atom is -0.481 e. The zero-order valence-corrected chi connectivity index (χ0v) is 17.4. The van der Waals surface area contributed by atoms with Crippen molar-refractivity contribution in [2.45, 2.75) is 101 Å². The number of Topliss-reactive ketones (excluding diaryl/α,β-unsaturated/α-hetero) is 1. The number of aliphatic carboxylic acids is 1. The van der Waals surface area contributed by atoms with Gasteiger partial charge in [0.25, 0.3) is 0 Å². The van der Waals surface area contributed by atoms with Crippen LogP contribution in [0.15, 0.2) is 0 Å². The minimum atomic E-state index is -4.15. The molecule has 4 nitrogen and oxygen atoms in total. The van der Waals surface area contributed by atoms with Gasteiger partial charge in [0.15, 0.2) is 0 Å². The summed E-state index contributed by atoms with van der Waals surface area (Å²) in [7, 11) is 0. The van der Waals surface area contributed by atoms with E-state index in [-0.39, 0.29) is 29.8 Å². The lowest BCUT2D eigenvalue weighted by molar-refractivity contribution is -0.137. The molecule has 0 aromatic carbocycles. The van der Waals surface area contributed by atoms with E-state index in [1.54, 1.807) is 18.7 Å². The van der Waals surface area contributed by atoms with Gasteiger partial charge in [-0.25, -0.2) is 0 Å². The van der Waals surface area contributed by atoms with Gasteiger partial charge in [-0.05, 0) is 39.0 Å². The summed E-state index contributed by atoms with van der Waals surface area (Å²) in [5.41, 5.74) is -1.02. The molecule has 3 atom stereocenters. The maximum atomic E-state index is 12.2. The van der Waals surface area contributed by atoms with Crippen LogP contribution in [0.5, 0.6) is 0 Å². The molecule has 0 aromatic heterocycles. The van der Waals surface area contributed by atoms with E-state index < -0.39 is 24.2 Å². The Hall–Kier alpha value is -0.760. The van der Waals surface area contributed by atoms with Crippen LogP contribution in [0.1, 0.15) is 84.0 Å². The van der Waals surface area contributed by atoms with Crippen molar-refractivity contribution in [3.05, 3.63) is 0 Å². The Morgan fingerprint density at radius 2 is 1.75 bits per heavy atom. The lowest BCUT2D eigenvalue weighted by Crippen LogP contribution is -2.29. The zero-order valence-electron chi connectivity index (χ0n) is 16.6. The van der Waals surface area contributed by atoms with E-state index in [1.165, 1.54) is 0 Å². The van der Waals surface area contributed by atoms with E-state index in [2.05, 4.69) is 0 Å². The highest BCUT2D eigenvalue weighted by molar-refractivity contribution is 8.00. The third-order valence-corrected chi connectivity index (χ3v) is 7.01. The summed E-state index contributed by atoms with van der Waals surface area (Å²) in [6.45, 7) is 1.65. The van der Waals surface area contributed by atoms with Crippen molar-refractivity contribution in [1.29, 1.82) is 0 Å². The van der Waals surface area contributed by atoms with Crippen LogP contribution in [0.2, 0.25) is 0 Å². The topological polar surface area (TPSA) is 74.6 Å². The first-order chi connectivity index (χ1) is 13.0. The molecule has 0 aliphatic heterocycles.